The lowest BCUT2D eigenvalue weighted by Crippen LogP contribution is -2.33. The van der Waals surface area contributed by atoms with E-state index in [1.54, 1.807) is 6.26 Å². The second kappa shape index (κ2) is 8.65. The fourth-order valence-corrected chi connectivity index (χ4v) is 3.87. The van der Waals surface area contributed by atoms with Gasteiger partial charge in [-0.1, -0.05) is 12.5 Å². The van der Waals surface area contributed by atoms with Crippen LogP contribution in [0.4, 0.5) is 0 Å². The number of carbonyl (C=O) groups excluding carboxylic acids is 1. The first kappa shape index (κ1) is 18.8. The predicted octanol–water partition coefficient (Wildman–Crippen LogP) is 4.56. The van der Waals surface area contributed by atoms with Crippen LogP contribution in [-0.2, 0) is 16.0 Å². The number of hydrogen-bond donors (Lipinski definition) is 0. The third kappa shape index (κ3) is 4.30. The quantitative estimate of drug-likeness (QED) is 0.562. The molecule has 2 aromatic carbocycles. The normalized spacial score (nSPS) is 15.2. The van der Waals surface area contributed by atoms with E-state index in [0.29, 0.717) is 13.2 Å². The molecule has 0 atom stereocenters. The summed E-state index contributed by atoms with van der Waals surface area (Å²) in [4.78, 5) is 14.3. The van der Waals surface area contributed by atoms with Crippen LogP contribution in [0.5, 0.6) is 5.75 Å². The number of fused-ring (bicyclic) bond motifs is 2. The summed E-state index contributed by atoms with van der Waals surface area (Å²) in [5.74, 6) is 0.638. The van der Waals surface area contributed by atoms with Crippen LogP contribution in [-0.4, -0.2) is 43.7 Å². The molecule has 5 heteroatoms. The number of likely N-dealkylation sites (tertiary alicyclic amines) is 1. The van der Waals surface area contributed by atoms with Gasteiger partial charge in [-0.05, 0) is 67.9 Å². The van der Waals surface area contributed by atoms with Gasteiger partial charge in [-0.2, -0.15) is 0 Å². The summed E-state index contributed by atoms with van der Waals surface area (Å²) in [6, 6.07) is 10.2. The van der Waals surface area contributed by atoms with Gasteiger partial charge in [-0.25, -0.2) is 0 Å². The van der Waals surface area contributed by atoms with Gasteiger partial charge in [0.25, 0.3) is 0 Å². The summed E-state index contributed by atoms with van der Waals surface area (Å²) in [5.41, 5.74) is 1.64. The van der Waals surface area contributed by atoms with Gasteiger partial charge in [0.2, 0.25) is 0 Å². The minimum atomic E-state index is -0.236. The van der Waals surface area contributed by atoms with Crippen molar-refractivity contribution in [2.75, 3.05) is 32.8 Å². The largest absolute Gasteiger partial charge is 0.492 e. The van der Waals surface area contributed by atoms with E-state index in [2.05, 4.69) is 23.1 Å². The lowest BCUT2D eigenvalue weighted by Gasteiger charge is -2.26. The lowest BCUT2D eigenvalue weighted by molar-refractivity contribution is -0.142. The van der Waals surface area contributed by atoms with Gasteiger partial charge in [0, 0.05) is 17.5 Å². The van der Waals surface area contributed by atoms with Crippen LogP contribution in [0.1, 0.15) is 31.7 Å². The standard InChI is InChI=1S/C23H27NO4/c1-2-26-23(25)15-19-16-28-22-14-17-6-7-20(12-18(17)13-21(19)22)27-11-10-24-8-4-3-5-9-24/h6-7,12-14,16H,2-5,8-11,15H2,1H3. The van der Waals surface area contributed by atoms with Gasteiger partial charge in [-0.3, -0.25) is 9.69 Å². The van der Waals surface area contributed by atoms with Crippen LogP contribution in [0.3, 0.4) is 0 Å². The van der Waals surface area contributed by atoms with Crippen molar-refractivity contribution < 1.29 is 18.7 Å². The average molecular weight is 381 g/mol. The van der Waals surface area contributed by atoms with Gasteiger partial charge in [0.15, 0.2) is 0 Å². The van der Waals surface area contributed by atoms with Crippen molar-refractivity contribution in [3.63, 3.8) is 0 Å². The first-order valence-electron chi connectivity index (χ1n) is 10.2. The minimum absolute atomic E-state index is 0.221. The summed E-state index contributed by atoms with van der Waals surface area (Å²) in [6.45, 7) is 6.24. The number of rotatable bonds is 7. The number of piperidine rings is 1. The summed E-state index contributed by atoms with van der Waals surface area (Å²) in [5, 5.41) is 3.12. The number of ether oxygens (including phenoxy) is 2. The van der Waals surface area contributed by atoms with Crippen molar-refractivity contribution in [3.8, 4) is 5.75 Å². The Kier molecular flexibility index (Phi) is 5.81. The summed E-state index contributed by atoms with van der Waals surface area (Å²) in [7, 11) is 0. The van der Waals surface area contributed by atoms with Crippen LogP contribution in [0, 0.1) is 0 Å². The maximum Gasteiger partial charge on any atom is 0.310 e. The molecule has 4 rings (SSSR count). The first-order valence-corrected chi connectivity index (χ1v) is 10.2. The van der Waals surface area contributed by atoms with Crippen LogP contribution >= 0.6 is 0 Å². The molecule has 0 spiro atoms. The highest BCUT2D eigenvalue weighted by atomic mass is 16.5. The lowest BCUT2D eigenvalue weighted by atomic mass is 10.0. The molecule has 3 aromatic rings. The Morgan fingerprint density at radius 2 is 1.96 bits per heavy atom. The average Bonchev–Trinajstić information content (AvgIpc) is 3.09. The molecule has 1 aliphatic heterocycles. The molecule has 0 N–H and O–H groups in total. The summed E-state index contributed by atoms with van der Waals surface area (Å²) >= 11 is 0. The molecule has 0 radical (unpaired) electrons. The van der Waals surface area contributed by atoms with Gasteiger partial charge < -0.3 is 13.9 Å². The third-order valence-electron chi connectivity index (χ3n) is 5.35. The van der Waals surface area contributed by atoms with E-state index >= 15 is 0 Å². The smallest absolute Gasteiger partial charge is 0.310 e. The van der Waals surface area contributed by atoms with E-state index in [9.17, 15) is 4.79 Å². The molecule has 1 aliphatic rings. The van der Waals surface area contributed by atoms with E-state index in [1.807, 2.05) is 19.1 Å². The minimum Gasteiger partial charge on any atom is -0.492 e. The van der Waals surface area contributed by atoms with E-state index in [1.165, 1.54) is 32.4 Å². The topological polar surface area (TPSA) is 51.9 Å². The third-order valence-corrected chi connectivity index (χ3v) is 5.35. The van der Waals surface area contributed by atoms with Crippen LogP contribution in [0.15, 0.2) is 41.0 Å². The highest BCUT2D eigenvalue weighted by Crippen LogP contribution is 2.30. The van der Waals surface area contributed by atoms with E-state index in [-0.39, 0.29) is 12.4 Å². The highest BCUT2D eigenvalue weighted by molar-refractivity contribution is 5.98. The molecular formula is C23H27NO4. The zero-order chi connectivity index (χ0) is 19.3. The maximum atomic E-state index is 11.8. The predicted molar refractivity (Wildman–Crippen MR) is 110 cm³/mol. The molecule has 1 fully saturated rings. The number of carbonyl (C=O) groups is 1. The second-order valence-corrected chi connectivity index (χ2v) is 7.35. The Hall–Kier alpha value is -2.53. The number of nitrogens with zero attached hydrogens (tertiary/aromatic N) is 1. The number of hydrogen-bond acceptors (Lipinski definition) is 5. The summed E-state index contributed by atoms with van der Waals surface area (Å²) in [6.07, 6.45) is 5.81. The van der Waals surface area contributed by atoms with Crippen molar-refractivity contribution in [1.82, 2.24) is 4.90 Å². The van der Waals surface area contributed by atoms with E-state index < -0.39 is 0 Å². The van der Waals surface area contributed by atoms with Gasteiger partial charge in [0.1, 0.15) is 17.9 Å². The van der Waals surface area contributed by atoms with Crippen molar-refractivity contribution >= 4 is 27.7 Å². The fourth-order valence-electron chi connectivity index (χ4n) is 3.87. The van der Waals surface area contributed by atoms with Crippen molar-refractivity contribution in [3.05, 3.63) is 42.2 Å². The SMILES string of the molecule is CCOC(=O)Cc1coc2cc3ccc(OCCN4CCCCC4)cc3cc12. The second-order valence-electron chi connectivity index (χ2n) is 7.35. The molecule has 0 saturated carbocycles. The molecule has 1 aromatic heterocycles. The van der Waals surface area contributed by atoms with Crippen molar-refractivity contribution in [2.45, 2.75) is 32.6 Å². The number of esters is 1. The zero-order valence-electron chi connectivity index (χ0n) is 16.4. The summed E-state index contributed by atoms with van der Waals surface area (Å²) < 4.78 is 16.7. The van der Waals surface area contributed by atoms with E-state index in [4.69, 9.17) is 13.9 Å². The Bertz CT molecular complexity index is 956. The Balaban J connectivity index is 1.49. The molecule has 0 amide bonds. The molecular weight excluding hydrogens is 354 g/mol. The van der Waals surface area contributed by atoms with Gasteiger partial charge in [-0.15, -0.1) is 0 Å². The molecule has 2 heterocycles. The molecule has 148 valence electrons. The van der Waals surface area contributed by atoms with Gasteiger partial charge >= 0.3 is 5.97 Å². The number of benzene rings is 2. The fraction of sp³-hybridized carbons (Fsp3) is 0.435. The molecule has 5 nitrogen and oxygen atoms in total. The first-order chi connectivity index (χ1) is 13.7. The molecule has 0 unspecified atom stereocenters. The van der Waals surface area contributed by atoms with Crippen LogP contribution in [0.25, 0.3) is 21.7 Å². The van der Waals surface area contributed by atoms with Crippen molar-refractivity contribution in [2.24, 2.45) is 0 Å². The van der Waals surface area contributed by atoms with Gasteiger partial charge in [0.05, 0.1) is 19.3 Å². The molecule has 0 aliphatic carbocycles. The maximum absolute atomic E-state index is 11.8. The Morgan fingerprint density at radius 3 is 2.79 bits per heavy atom. The molecule has 28 heavy (non-hydrogen) atoms. The zero-order valence-corrected chi connectivity index (χ0v) is 16.4. The van der Waals surface area contributed by atoms with E-state index in [0.717, 1.165) is 39.6 Å². The molecule has 0 bridgehead atoms. The monoisotopic (exact) mass is 381 g/mol. The Morgan fingerprint density at radius 1 is 1.11 bits per heavy atom. The molecule has 1 saturated heterocycles. The van der Waals surface area contributed by atoms with Crippen LogP contribution < -0.4 is 4.74 Å². The number of furan rings is 1. The Labute approximate surface area is 165 Å². The van der Waals surface area contributed by atoms with Crippen molar-refractivity contribution in [1.29, 1.82) is 0 Å². The van der Waals surface area contributed by atoms with Crippen LogP contribution in [0.2, 0.25) is 0 Å². The highest BCUT2D eigenvalue weighted by Gasteiger charge is 2.13.